The van der Waals surface area contributed by atoms with E-state index in [1.807, 2.05) is 12.1 Å². The molecule has 0 saturated heterocycles. The van der Waals surface area contributed by atoms with Gasteiger partial charge in [-0.15, -0.1) is 0 Å². The SMILES string of the molecule is O=C(O)CC1CCC(c2ccc(-c3ccc([AsH]S(=O)(=O)c4ccc(C(F)(F)F)cc4)cn3)cc2)CC1. The second-order valence-corrected chi connectivity index (χ2v) is 16.6. The predicted octanol–water partition coefficient (Wildman–Crippen LogP) is 4.97. The van der Waals surface area contributed by atoms with E-state index in [9.17, 15) is 26.4 Å². The molecule has 1 saturated carbocycles. The van der Waals surface area contributed by atoms with Crippen LogP contribution in [0.1, 0.15) is 49.1 Å². The van der Waals surface area contributed by atoms with Gasteiger partial charge in [-0.25, -0.2) is 0 Å². The fraction of sp³-hybridized carbons (Fsp3) is 0.308. The van der Waals surface area contributed by atoms with E-state index in [1.54, 1.807) is 12.1 Å². The zero-order chi connectivity index (χ0) is 25.9. The van der Waals surface area contributed by atoms with Crippen molar-refractivity contribution in [3.63, 3.8) is 0 Å². The van der Waals surface area contributed by atoms with Gasteiger partial charge in [-0.2, -0.15) is 0 Å². The topological polar surface area (TPSA) is 84.3 Å². The fourth-order valence-electron chi connectivity index (χ4n) is 4.54. The Kier molecular flexibility index (Phi) is 7.90. The van der Waals surface area contributed by atoms with Crippen LogP contribution < -0.4 is 4.35 Å². The Labute approximate surface area is 213 Å². The Morgan fingerprint density at radius 3 is 2.11 bits per heavy atom. The standard InChI is InChI=1S/C26H25AsF3NO4S/c28-26(29,30)21-9-12-23(13-10-21)36(34,35)27-22-11-14-24(31-16-22)20-7-5-19(6-8-20)18-3-1-17(2-4-18)15-25(32)33/h5-14,16-18,27H,1-4,15H2,(H,32,33). The second kappa shape index (κ2) is 10.8. The number of benzene rings is 2. The van der Waals surface area contributed by atoms with Crippen LogP contribution in [0.2, 0.25) is 0 Å². The molecule has 10 heteroatoms. The van der Waals surface area contributed by atoms with E-state index in [4.69, 9.17) is 5.11 Å². The number of pyridine rings is 1. The molecule has 0 amide bonds. The van der Waals surface area contributed by atoms with Crippen molar-refractivity contribution in [1.82, 2.24) is 4.98 Å². The first-order chi connectivity index (χ1) is 17.0. The van der Waals surface area contributed by atoms with Crippen molar-refractivity contribution in [2.45, 2.75) is 49.1 Å². The summed E-state index contributed by atoms with van der Waals surface area (Å²) >= 11 is -1.71. The van der Waals surface area contributed by atoms with Crippen molar-refractivity contribution in [1.29, 1.82) is 0 Å². The first kappa shape index (κ1) is 26.4. The number of carbonyl (C=O) groups is 1. The predicted molar refractivity (Wildman–Crippen MR) is 132 cm³/mol. The van der Waals surface area contributed by atoms with Crippen LogP contribution in [0.4, 0.5) is 13.2 Å². The van der Waals surface area contributed by atoms with E-state index in [0.717, 1.165) is 55.5 Å². The van der Waals surface area contributed by atoms with Crippen molar-refractivity contribution in [3.05, 3.63) is 78.0 Å². The maximum atomic E-state index is 12.7. The van der Waals surface area contributed by atoms with Gasteiger partial charge in [0.2, 0.25) is 0 Å². The molecule has 0 bridgehead atoms. The van der Waals surface area contributed by atoms with Crippen molar-refractivity contribution in [3.8, 4) is 11.3 Å². The van der Waals surface area contributed by atoms with Gasteiger partial charge in [0.1, 0.15) is 0 Å². The molecule has 1 N–H and O–H groups in total. The minimum atomic E-state index is -4.52. The molecule has 36 heavy (non-hydrogen) atoms. The first-order valence-corrected chi connectivity index (χ1v) is 16.6. The molecule has 1 fully saturated rings. The second-order valence-electron chi connectivity index (χ2n) is 9.00. The summed E-state index contributed by atoms with van der Waals surface area (Å²) in [6, 6.07) is 15.1. The Hall–Kier alpha value is -2.64. The van der Waals surface area contributed by atoms with Crippen LogP contribution in [0, 0.1) is 5.92 Å². The molecule has 5 nitrogen and oxygen atoms in total. The zero-order valence-electron chi connectivity index (χ0n) is 19.2. The van der Waals surface area contributed by atoms with Crippen LogP contribution in [-0.4, -0.2) is 39.1 Å². The summed E-state index contributed by atoms with van der Waals surface area (Å²) < 4.78 is 64.2. The first-order valence-electron chi connectivity index (χ1n) is 11.5. The molecule has 0 aliphatic heterocycles. The Bertz CT molecular complexity index is 1300. The summed E-state index contributed by atoms with van der Waals surface area (Å²) in [6.07, 6.45) is 1.03. The third-order valence-electron chi connectivity index (χ3n) is 6.50. The number of carboxylic acids is 1. The van der Waals surface area contributed by atoms with E-state index in [-0.39, 0.29) is 17.2 Å². The molecular formula is C26H25AsF3NO4S. The molecule has 2 aromatic carbocycles. The van der Waals surface area contributed by atoms with Gasteiger partial charge in [0.15, 0.2) is 0 Å². The van der Waals surface area contributed by atoms with Crippen LogP contribution in [0.25, 0.3) is 11.3 Å². The Morgan fingerprint density at radius 1 is 0.944 bits per heavy atom. The average molecular weight is 579 g/mol. The maximum absolute atomic E-state index is 12.7. The van der Waals surface area contributed by atoms with E-state index < -0.39 is 40.4 Å². The number of aromatic nitrogens is 1. The van der Waals surface area contributed by atoms with E-state index >= 15 is 0 Å². The normalized spacial score (nSPS) is 19.0. The molecule has 4 rings (SSSR count). The molecule has 0 radical (unpaired) electrons. The van der Waals surface area contributed by atoms with Crippen molar-refractivity contribution in [2.24, 2.45) is 5.92 Å². The summed E-state index contributed by atoms with van der Waals surface area (Å²) in [7, 11) is -3.70. The molecule has 190 valence electrons. The van der Waals surface area contributed by atoms with Crippen molar-refractivity contribution >= 4 is 33.0 Å². The van der Waals surface area contributed by atoms with Gasteiger partial charge in [-0.1, -0.05) is 0 Å². The monoisotopic (exact) mass is 579 g/mol. The quantitative estimate of drug-likeness (QED) is 0.400. The minimum absolute atomic E-state index is 0.118. The van der Waals surface area contributed by atoms with Crippen LogP contribution in [-0.2, 0) is 19.1 Å². The zero-order valence-corrected chi connectivity index (χ0v) is 22.1. The molecule has 1 aromatic heterocycles. The van der Waals surface area contributed by atoms with Gasteiger partial charge in [0, 0.05) is 6.42 Å². The fourth-order valence-corrected chi connectivity index (χ4v) is 10.2. The number of rotatable bonds is 7. The number of alkyl halides is 3. The van der Waals surface area contributed by atoms with Gasteiger partial charge in [-0.3, -0.25) is 4.79 Å². The molecule has 1 aliphatic carbocycles. The molecule has 3 aromatic rings. The van der Waals surface area contributed by atoms with Gasteiger partial charge in [0.05, 0.1) is 0 Å². The molecule has 0 spiro atoms. The van der Waals surface area contributed by atoms with E-state index in [1.165, 1.54) is 11.8 Å². The summed E-state index contributed by atoms with van der Waals surface area (Å²) in [5, 5.41) is 8.98. The average Bonchev–Trinajstić information content (AvgIpc) is 2.84. The van der Waals surface area contributed by atoms with Crippen molar-refractivity contribution < 1.29 is 31.5 Å². The summed E-state index contributed by atoms with van der Waals surface area (Å²) in [5.41, 5.74) is 1.94. The Balaban J connectivity index is 1.39. The number of aliphatic carboxylic acids is 1. The number of hydrogen-bond acceptors (Lipinski definition) is 4. The van der Waals surface area contributed by atoms with Crippen LogP contribution in [0.5, 0.6) is 0 Å². The molecule has 1 unspecified atom stereocenters. The number of hydrogen-bond donors (Lipinski definition) is 1. The third-order valence-corrected chi connectivity index (χ3v) is 13.2. The van der Waals surface area contributed by atoms with E-state index in [2.05, 4.69) is 17.1 Å². The van der Waals surface area contributed by atoms with Crippen LogP contribution in [0.3, 0.4) is 0 Å². The van der Waals surface area contributed by atoms with Gasteiger partial charge < -0.3 is 5.11 Å². The molecule has 1 heterocycles. The summed E-state index contributed by atoms with van der Waals surface area (Å²) in [4.78, 5) is 15.2. The number of halogens is 3. The molecule has 1 aliphatic rings. The number of carboxylic acid groups (broad SMARTS) is 1. The molecule has 1 atom stereocenters. The van der Waals surface area contributed by atoms with Crippen LogP contribution in [0.15, 0.2) is 71.8 Å². The van der Waals surface area contributed by atoms with Crippen LogP contribution >= 0.6 is 0 Å². The third kappa shape index (κ3) is 6.56. The number of nitrogens with zero attached hydrogens (tertiary/aromatic N) is 1. The van der Waals surface area contributed by atoms with Gasteiger partial charge in [0.25, 0.3) is 0 Å². The summed E-state index contributed by atoms with van der Waals surface area (Å²) in [5.74, 6) is -0.0619. The van der Waals surface area contributed by atoms with Gasteiger partial charge in [-0.05, 0) is 0 Å². The van der Waals surface area contributed by atoms with Gasteiger partial charge >= 0.3 is 197 Å². The molecular weight excluding hydrogens is 554 g/mol. The van der Waals surface area contributed by atoms with E-state index in [0.29, 0.717) is 16.0 Å². The Morgan fingerprint density at radius 2 is 1.58 bits per heavy atom. The van der Waals surface area contributed by atoms with Crippen molar-refractivity contribution in [2.75, 3.05) is 0 Å². The summed E-state index contributed by atoms with van der Waals surface area (Å²) in [6.45, 7) is 0.